The summed E-state index contributed by atoms with van der Waals surface area (Å²) in [5.41, 5.74) is 9.49. The van der Waals surface area contributed by atoms with Gasteiger partial charge in [-0.25, -0.2) is 18.3 Å². The number of nitrogens with zero attached hydrogens (tertiary/aromatic N) is 4. The lowest BCUT2D eigenvalue weighted by Crippen LogP contribution is -2.47. The first-order chi connectivity index (χ1) is 13.1. The van der Waals surface area contributed by atoms with E-state index < -0.39 is 23.8 Å². The van der Waals surface area contributed by atoms with Gasteiger partial charge in [0.25, 0.3) is 0 Å². The molecule has 3 atom stereocenters. The molecule has 2 aliphatic rings. The maximum atomic E-state index is 14.1. The van der Waals surface area contributed by atoms with E-state index in [4.69, 9.17) is 10.5 Å². The van der Waals surface area contributed by atoms with Crippen LogP contribution in [0.3, 0.4) is 0 Å². The zero-order valence-electron chi connectivity index (χ0n) is 14.6. The molecule has 5 rings (SSSR count). The number of nitrogens with two attached hydrogens (primary N) is 1. The molecule has 1 unspecified atom stereocenters. The molecule has 0 radical (unpaired) electrons. The summed E-state index contributed by atoms with van der Waals surface area (Å²) >= 11 is 0. The van der Waals surface area contributed by atoms with Crippen molar-refractivity contribution in [3.8, 4) is 0 Å². The number of hydrogen-bond donors (Lipinski definition) is 1. The molecule has 0 saturated carbocycles. The lowest BCUT2D eigenvalue weighted by molar-refractivity contribution is -0.0532. The van der Waals surface area contributed by atoms with E-state index in [0.29, 0.717) is 19.6 Å². The summed E-state index contributed by atoms with van der Waals surface area (Å²) in [7, 11) is 0. The molecule has 0 aliphatic carbocycles. The van der Waals surface area contributed by atoms with Crippen LogP contribution < -0.4 is 5.73 Å². The Morgan fingerprint density at radius 1 is 1.22 bits per heavy atom. The zero-order valence-corrected chi connectivity index (χ0v) is 14.6. The molecule has 1 fully saturated rings. The maximum Gasteiger partial charge on any atom is 0.159 e. The Morgan fingerprint density at radius 2 is 2.11 bits per heavy atom. The molecular weight excluding hydrogens is 352 g/mol. The largest absolute Gasteiger partial charge is 0.370 e. The highest BCUT2D eigenvalue weighted by Crippen LogP contribution is 2.34. The number of halogens is 2. The van der Waals surface area contributed by atoms with Gasteiger partial charge in [-0.3, -0.25) is 4.90 Å². The maximum absolute atomic E-state index is 14.1. The molecule has 8 heteroatoms. The second-order valence-electron chi connectivity index (χ2n) is 7.19. The lowest BCUT2D eigenvalue weighted by atomic mass is 9.93. The van der Waals surface area contributed by atoms with Crippen molar-refractivity contribution in [2.45, 2.75) is 37.7 Å². The lowest BCUT2D eigenvalue weighted by Gasteiger charge is -2.38. The first-order valence-electron chi connectivity index (χ1n) is 8.97. The van der Waals surface area contributed by atoms with E-state index in [1.807, 2.05) is 12.3 Å². The van der Waals surface area contributed by atoms with Crippen molar-refractivity contribution in [2.24, 2.45) is 5.73 Å². The second-order valence-corrected chi connectivity index (χ2v) is 7.19. The van der Waals surface area contributed by atoms with Crippen LogP contribution in [-0.4, -0.2) is 38.2 Å². The highest BCUT2D eigenvalue weighted by molar-refractivity contribution is 5.51. The van der Waals surface area contributed by atoms with E-state index in [2.05, 4.69) is 15.0 Å². The van der Waals surface area contributed by atoms with Crippen LogP contribution in [0.2, 0.25) is 0 Å². The van der Waals surface area contributed by atoms with E-state index in [1.54, 1.807) is 10.7 Å². The standard InChI is InChI=1S/C19H19F2N5O/c20-11-2-3-15(21)13(6-11)18-16(22)7-12(10-27-18)25-8-14-17(9-25)24-26-5-1-4-23-19(14)26/h1-6,12,16,18H,7-10,22H2/t12-,16?,18-/m1/s1. The number of rotatable bonds is 2. The van der Waals surface area contributed by atoms with Gasteiger partial charge < -0.3 is 10.5 Å². The molecule has 4 heterocycles. The van der Waals surface area contributed by atoms with Crippen LogP contribution in [0.1, 0.15) is 29.3 Å². The number of fused-ring (bicyclic) bond motifs is 3. The molecule has 0 spiro atoms. The second kappa shape index (κ2) is 6.33. The van der Waals surface area contributed by atoms with Gasteiger partial charge in [0.1, 0.15) is 17.7 Å². The third-order valence-corrected chi connectivity index (χ3v) is 5.47. The van der Waals surface area contributed by atoms with Gasteiger partial charge in [-0.05, 0) is 30.7 Å². The molecule has 2 aliphatic heterocycles. The summed E-state index contributed by atoms with van der Waals surface area (Å²) in [6.07, 6.45) is 3.66. The fraction of sp³-hybridized carbons (Fsp3) is 0.368. The average molecular weight is 371 g/mol. The van der Waals surface area contributed by atoms with Crippen LogP contribution in [-0.2, 0) is 17.8 Å². The highest BCUT2D eigenvalue weighted by Gasteiger charge is 2.37. The van der Waals surface area contributed by atoms with E-state index >= 15 is 0 Å². The van der Waals surface area contributed by atoms with Gasteiger partial charge in [0.05, 0.1) is 12.3 Å². The van der Waals surface area contributed by atoms with Crippen molar-refractivity contribution < 1.29 is 13.5 Å². The van der Waals surface area contributed by atoms with E-state index in [0.717, 1.165) is 35.6 Å². The molecular formula is C19H19F2N5O. The van der Waals surface area contributed by atoms with Crippen molar-refractivity contribution in [1.29, 1.82) is 0 Å². The first-order valence-corrected chi connectivity index (χ1v) is 8.97. The van der Waals surface area contributed by atoms with Crippen molar-refractivity contribution in [2.75, 3.05) is 6.61 Å². The van der Waals surface area contributed by atoms with E-state index in [-0.39, 0.29) is 11.6 Å². The highest BCUT2D eigenvalue weighted by atomic mass is 19.1. The number of ether oxygens (including phenoxy) is 1. The summed E-state index contributed by atoms with van der Waals surface area (Å²) in [5.74, 6) is -0.981. The van der Waals surface area contributed by atoms with Crippen LogP contribution in [0.4, 0.5) is 8.78 Å². The summed E-state index contributed by atoms with van der Waals surface area (Å²) in [6, 6.07) is 4.93. The topological polar surface area (TPSA) is 68.7 Å². The van der Waals surface area contributed by atoms with Gasteiger partial charge >= 0.3 is 0 Å². The molecule has 2 N–H and O–H groups in total. The third kappa shape index (κ3) is 2.80. The van der Waals surface area contributed by atoms with Crippen molar-refractivity contribution in [3.05, 3.63) is 65.1 Å². The quantitative estimate of drug-likeness (QED) is 0.748. The molecule has 1 saturated heterocycles. The Kier molecular flexibility index (Phi) is 3.92. The van der Waals surface area contributed by atoms with Gasteiger partial charge in [-0.1, -0.05) is 0 Å². The minimum absolute atomic E-state index is 0.103. The van der Waals surface area contributed by atoms with Gasteiger partial charge in [0.15, 0.2) is 5.65 Å². The van der Waals surface area contributed by atoms with Gasteiger partial charge in [0.2, 0.25) is 0 Å². The number of aromatic nitrogens is 3. The van der Waals surface area contributed by atoms with Crippen LogP contribution in [0, 0.1) is 11.6 Å². The predicted molar refractivity (Wildman–Crippen MR) is 93.7 cm³/mol. The Labute approximate surface area is 154 Å². The zero-order chi connectivity index (χ0) is 18.5. The summed E-state index contributed by atoms with van der Waals surface area (Å²) < 4.78 is 35.3. The first kappa shape index (κ1) is 16.7. The fourth-order valence-corrected chi connectivity index (χ4v) is 4.13. The normalized spacial score (nSPS) is 25.8. The van der Waals surface area contributed by atoms with Crippen molar-refractivity contribution >= 4 is 5.65 Å². The summed E-state index contributed by atoms with van der Waals surface area (Å²) in [4.78, 5) is 6.69. The van der Waals surface area contributed by atoms with Crippen molar-refractivity contribution in [3.63, 3.8) is 0 Å². The summed E-state index contributed by atoms with van der Waals surface area (Å²) in [5, 5.41) is 4.59. The predicted octanol–water partition coefficient (Wildman–Crippen LogP) is 2.18. The number of benzene rings is 1. The van der Waals surface area contributed by atoms with Crippen LogP contribution >= 0.6 is 0 Å². The molecule has 0 amide bonds. The minimum atomic E-state index is -0.637. The molecule has 27 heavy (non-hydrogen) atoms. The molecule has 3 aromatic rings. The SMILES string of the molecule is NC1C[C@@H](N2Cc3nn4cccnc4c3C2)CO[C@@H]1c1cc(F)ccc1F. The fourth-order valence-electron chi connectivity index (χ4n) is 4.13. The monoisotopic (exact) mass is 371 g/mol. The van der Waals surface area contributed by atoms with Crippen LogP contribution in [0.25, 0.3) is 5.65 Å². The van der Waals surface area contributed by atoms with Crippen molar-refractivity contribution in [1.82, 2.24) is 19.5 Å². The Hall–Kier alpha value is -2.42. The van der Waals surface area contributed by atoms with Gasteiger partial charge in [-0.2, -0.15) is 5.10 Å². The Bertz CT molecular complexity index is 1010. The number of hydrogen-bond acceptors (Lipinski definition) is 5. The molecule has 2 aromatic heterocycles. The average Bonchev–Trinajstić information content (AvgIpc) is 3.22. The van der Waals surface area contributed by atoms with Crippen LogP contribution in [0.15, 0.2) is 36.7 Å². The molecule has 1 aromatic carbocycles. The third-order valence-electron chi connectivity index (χ3n) is 5.47. The van der Waals surface area contributed by atoms with Gasteiger partial charge in [0, 0.05) is 48.7 Å². The van der Waals surface area contributed by atoms with Crippen LogP contribution in [0.5, 0.6) is 0 Å². The molecule has 140 valence electrons. The molecule has 6 nitrogen and oxygen atoms in total. The molecule has 0 bridgehead atoms. The Morgan fingerprint density at radius 3 is 2.96 bits per heavy atom. The summed E-state index contributed by atoms with van der Waals surface area (Å²) in [6.45, 7) is 1.85. The smallest absolute Gasteiger partial charge is 0.159 e. The van der Waals surface area contributed by atoms with E-state index in [1.165, 1.54) is 6.07 Å². The van der Waals surface area contributed by atoms with Gasteiger partial charge in [-0.15, -0.1) is 0 Å². The van der Waals surface area contributed by atoms with E-state index in [9.17, 15) is 8.78 Å². The minimum Gasteiger partial charge on any atom is -0.370 e. The Balaban J connectivity index is 1.32.